The van der Waals surface area contributed by atoms with Gasteiger partial charge >= 0.3 is 12.1 Å². The Balaban J connectivity index is 2.69. The SMILES string of the molecule is CCCCOC(=O)N(C)[C@@H](Cc1ccc(N)cc1)C(=O)O. The third kappa shape index (κ3) is 5.33. The van der Waals surface area contributed by atoms with E-state index in [9.17, 15) is 14.7 Å². The van der Waals surface area contributed by atoms with E-state index in [0.29, 0.717) is 12.3 Å². The van der Waals surface area contributed by atoms with Gasteiger partial charge in [-0.2, -0.15) is 0 Å². The summed E-state index contributed by atoms with van der Waals surface area (Å²) in [7, 11) is 1.43. The molecule has 0 aliphatic carbocycles. The Bertz CT molecular complexity index is 473. The van der Waals surface area contributed by atoms with Crippen LogP contribution in [0.4, 0.5) is 10.5 Å². The first kappa shape index (κ1) is 16.8. The molecule has 0 saturated heterocycles. The summed E-state index contributed by atoms with van der Waals surface area (Å²) in [5, 5.41) is 9.31. The van der Waals surface area contributed by atoms with E-state index in [2.05, 4.69) is 0 Å². The summed E-state index contributed by atoms with van der Waals surface area (Å²) in [5.74, 6) is -1.07. The van der Waals surface area contributed by atoms with E-state index >= 15 is 0 Å². The molecule has 0 bridgehead atoms. The van der Waals surface area contributed by atoms with Gasteiger partial charge in [0.15, 0.2) is 0 Å². The molecule has 0 spiro atoms. The number of carboxylic acid groups (broad SMARTS) is 1. The number of hydrogen-bond acceptors (Lipinski definition) is 4. The smallest absolute Gasteiger partial charge is 0.410 e. The molecule has 3 N–H and O–H groups in total. The third-order valence-electron chi connectivity index (χ3n) is 3.17. The Kier molecular flexibility index (Phi) is 6.52. The Morgan fingerprint density at radius 3 is 2.48 bits per heavy atom. The van der Waals surface area contributed by atoms with Crippen LogP contribution in [0.15, 0.2) is 24.3 Å². The topological polar surface area (TPSA) is 92.9 Å². The third-order valence-corrected chi connectivity index (χ3v) is 3.17. The summed E-state index contributed by atoms with van der Waals surface area (Å²) in [5.41, 5.74) is 7.00. The molecule has 0 radical (unpaired) electrons. The van der Waals surface area contributed by atoms with Gasteiger partial charge in [-0.1, -0.05) is 25.5 Å². The van der Waals surface area contributed by atoms with E-state index in [4.69, 9.17) is 10.5 Å². The molecule has 1 rings (SSSR count). The van der Waals surface area contributed by atoms with Gasteiger partial charge in [-0.25, -0.2) is 9.59 Å². The molecule has 1 aromatic carbocycles. The van der Waals surface area contributed by atoms with Crippen molar-refractivity contribution >= 4 is 17.7 Å². The maximum atomic E-state index is 11.8. The number of ether oxygens (including phenoxy) is 1. The van der Waals surface area contributed by atoms with E-state index in [1.54, 1.807) is 24.3 Å². The van der Waals surface area contributed by atoms with E-state index in [-0.39, 0.29) is 6.42 Å². The van der Waals surface area contributed by atoms with Gasteiger partial charge in [-0.05, 0) is 24.1 Å². The maximum absolute atomic E-state index is 11.8. The summed E-state index contributed by atoms with van der Waals surface area (Å²) < 4.78 is 5.04. The van der Waals surface area contributed by atoms with Gasteiger partial charge in [0.1, 0.15) is 6.04 Å². The average Bonchev–Trinajstić information content (AvgIpc) is 2.45. The summed E-state index contributed by atoms with van der Waals surface area (Å²) >= 11 is 0. The van der Waals surface area contributed by atoms with Crippen LogP contribution in [0.5, 0.6) is 0 Å². The number of aliphatic carboxylic acids is 1. The average molecular weight is 294 g/mol. The first-order valence-electron chi connectivity index (χ1n) is 6.92. The van der Waals surface area contributed by atoms with Gasteiger partial charge in [0.2, 0.25) is 0 Å². The summed E-state index contributed by atoms with van der Waals surface area (Å²) in [6.07, 6.45) is 1.25. The molecule has 1 aromatic rings. The number of benzene rings is 1. The highest BCUT2D eigenvalue weighted by atomic mass is 16.6. The van der Waals surface area contributed by atoms with Crippen LogP contribution < -0.4 is 5.73 Å². The summed E-state index contributed by atoms with van der Waals surface area (Å²) in [6.45, 7) is 2.28. The molecule has 0 fully saturated rings. The first-order valence-corrected chi connectivity index (χ1v) is 6.92. The molecule has 6 nitrogen and oxygen atoms in total. The lowest BCUT2D eigenvalue weighted by molar-refractivity contribution is -0.142. The van der Waals surface area contributed by atoms with Crippen LogP contribution in [0.3, 0.4) is 0 Å². The molecule has 0 aliphatic heterocycles. The second-order valence-electron chi connectivity index (χ2n) is 4.88. The number of carbonyl (C=O) groups is 2. The number of rotatable bonds is 7. The Morgan fingerprint density at radius 2 is 1.95 bits per heavy atom. The van der Waals surface area contributed by atoms with E-state index in [1.807, 2.05) is 6.92 Å². The van der Waals surface area contributed by atoms with Gasteiger partial charge in [0.05, 0.1) is 6.61 Å². The van der Waals surface area contributed by atoms with E-state index in [0.717, 1.165) is 23.3 Å². The van der Waals surface area contributed by atoms with Gasteiger partial charge in [-0.3, -0.25) is 4.90 Å². The van der Waals surface area contributed by atoms with Crippen molar-refractivity contribution in [1.82, 2.24) is 4.90 Å². The van der Waals surface area contributed by atoms with Crippen molar-refractivity contribution in [3.8, 4) is 0 Å². The zero-order valence-corrected chi connectivity index (χ0v) is 12.4. The number of nitrogens with two attached hydrogens (primary N) is 1. The first-order chi connectivity index (χ1) is 9.95. The highest BCUT2D eigenvalue weighted by molar-refractivity contribution is 5.80. The molecule has 116 valence electrons. The molecule has 1 amide bonds. The van der Waals surface area contributed by atoms with Crippen molar-refractivity contribution in [2.24, 2.45) is 0 Å². The normalized spacial score (nSPS) is 11.7. The van der Waals surface area contributed by atoms with Crippen molar-refractivity contribution < 1.29 is 19.4 Å². The van der Waals surface area contributed by atoms with Crippen molar-refractivity contribution in [2.45, 2.75) is 32.2 Å². The minimum Gasteiger partial charge on any atom is -0.480 e. The number of anilines is 1. The molecular weight excluding hydrogens is 272 g/mol. The lowest BCUT2D eigenvalue weighted by atomic mass is 10.0. The van der Waals surface area contributed by atoms with Crippen molar-refractivity contribution in [1.29, 1.82) is 0 Å². The van der Waals surface area contributed by atoms with Crippen LogP contribution in [0, 0.1) is 0 Å². The molecule has 21 heavy (non-hydrogen) atoms. The van der Waals surface area contributed by atoms with E-state index < -0.39 is 18.1 Å². The van der Waals surface area contributed by atoms with Crippen LogP contribution in [0.1, 0.15) is 25.3 Å². The summed E-state index contributed by atoms with van der Waals surface area (Å²) in [6, 6.07) is 5.94. The van der Waals surface area contributed by atoms with Gasteiger partial charge in [0, 0.05) is 19.2 Å². The van der Waals surface area contributed by atoms with Crippen LogP contribution in [0.25, 0.3) is 0 Å². The number of unbranched alkanes of at least 4 members (excludes halogenated alkanes) is 1. The molecule has 0 heterocycles. The molecule has 0 aliphatic rings. The zero-order valence-electron chi connectivity index (χ0n) is 12.4. The van der Waals surface area contributed by atoms with Crippen molar-refractivity contribution in [2.75, 3.05) is 19.4 Å². The summed E-state index contributed by atoms with van der Waals surface area (Å²) in [4.78, 5) is 24.3. The van der Waals surface area contributed by atoms with Crippen molar-refractivity contribution in [3.05, 3.63) is 29.8 Å². The lowest BCUT2D eigenvalue weighted by Crippen LogP contribution is -2.44. The quantitative estimate of drug-likeness (QED) is 0.593. The highest BCUT2D eigenvalue weighted by Gasteiger charge is 2.27. The van der Waals surface area contributed by atoms with Crippen LogP contribution in [-0.2, 0) is 16.0 Å². The van der Waals surface area contributed by atoms with Crippen LogP contribution in [-0.4, -0.2) is 41.8 Å². The Morgan fingerprint density at radius 1 is 1.33 bits per heavy atom. The number of nitrogens with zero attached hydrogens (tertiary/aromatic N) is 1. The fourth-order valence-electron chi connectivity index (χ4n) is 1.80. The van der Waals surface area contributed by atoms with Gasteiger partial charge in [-0.15, -0.1) is 0 Å². The Labute approximate surface area is 124 Å². The number of hydrogen-bond donors (Lipinski definition) is 2. The number of likely N-dealkylation sites (N-methyl/N-ethyl adjacent to an activating group) is 1. The van der Waals surface area contributed by atoms with Gasteiger partial charge in [0.25, 0.3) is 0 Å². The van der Waals surface area contributed by atoms with E-state index in [1.165, 1.54) is 7.05 Å². The molecule has 6 heteroatoms. The molecule has 0 saturated carbocycles. The predicted molar refractivity (Wildman–Crippen MR) is 80.0 cm³/mol. The van der Waals surface area contributed by atoms with Crippen LogP contribution in [0.2, 0.25) is 0 Å². The molecule has 1 atom stereocenters. The predicted octanol–water partition coefficient (Wildman–Crippen LogP) is 2.13. The minimum absolute atomic E-state index is 0.203. The number of nitrogen functional groups attached to an aromatic ring is 1. The minimum atomic E-state index is -1.07. The second-order valence-corrected chi connectivity index (χ2v) is 4.88. The molecule has 0 aromatic heterocycles. The monoisotopic (exact) mass is 294 g/mol. The highest BCUT2D eigenvalue weighted by Crippen LogP contribution is 2.12. The Hall–Kier alpha value is -2.24. The van der Waals surface area contributed by atoms with Crippen LogP contribution >= 0.6 is 0 Å². The van der Waals surface area contributed by atoms with Crippen molar-refractivity contribution in [3.63, 3.8) is 0 Å². The standard InChI is InChI=1S/C15H22N2O4/c1-3-4-9-21-15(20)17(2)13(14(18)19)10-11-5-7-12(16)8-6-11/h5-8,13H,3-4,9-10,16H2,1-2H3,(H,18,19)/t13-/m0/s1. The molecule has 0 unspecified atom stereocenters. The molecular formula is C15H22N2O4. The number of carbonyl (C=O) groups excluding carboxylic acids is 1. The number of amides is 1. The number of carboxylic acids is 1. The van der Waals surface area contributed by atoms with Gasteiger partial charge < -0.3 is 15.6 Å². The zero-order chi connectivity index (χ0) is 15.8. The maximum Gasteiger partial charge on any atom is 0.410 e. The largest absolute Gasteiger partial charge is 0.480 e. The fraction of sp³-hybridized carbons (Fsp3) is 0.467. The lowest BCUT2D eigenvalue weighted by Gasteiger charge is -2.24. The fourth-order valence-corrected chi connectivity index (χ4v) is 1.80. The second kappa shape index (κ2) is 8.14.